The molecule has 0 spiro atoms. The number of thiophene rings is 1. The van der Waals surface area contributed by atoms with Gasteiger partial charge in [0, 0.05) is 18.5 Å². The van der Waals surface area contributed by atoms with Gasteiger partial charge in [-0.25, -0.2) is 14.6 Å². The number of carbonyl (C=O) groups excluding carboxylic acids is 2. The van der Waals surface area contributed by atoms with E-state index in [2.05, 4.69) is 15.0 Å². The molecule has 0 saturated carbocycles. The maximum absolute atomic E-state index is 13.3. The van der Waals surface area contributed by atoms with Gasteiger partial charge in [0.1, 0.15) is 12.1 Å². The molecule has 33 heavy (non-hydrogen) atoms. The van der Waals surface area contributed by atoms with Crippen molar-refractivity contribution in [3.8, 4) is 16.5 Å². The molecule has 0 unspecified atom stereocenters. The lowest BCUT2D eigenvalue weighted by molar-refractivity contribution is -0.150. The maximum atomic E-state index is 13.3. The lowest BCUT2D eigenvalue weighted by Gasteiger charge is -2.34. The molecule has 2 N–H and O–H groups in total. The highest BCUT2D eigenvalue weighted by Crippen LogP contribution is 2.30. The summed E-state index contributed by atoms with van der Waals surface area (Å²) in [6.45, 7) is 5.81. The number of nitrogens with zero attached hydrogens (tertiary/aromatic N) is 2. The zero-order valence-corrected chi connectivity index (χ0v) is 19.9. The summed E-state index contributed by atoms with van der Waals surface area (Å²) in [5.74, 6) is -1.30. The van der Waals surface area contributed by atoms with E-state index in [0.717, 1.165) is 10.6 Å². The summed E-state index contributed by atoms with van der Waals surface area (Å²) in [5.41, 5.74) is 0.158. The van der Waals surface area contributed by atoms with E-state index in [-0.39, 0.29) is 25.5 Å². The van der Waals surface area contributed by atoms with E-state index in [1.54, 1.807) is 38.2 Å². The van der Waals surface area contributed by atoms with Gasteiger partial charge in [0.05, 0.1) is 24.3 Å². The number of likely N-dealkylation sites (tertiary alicyclic amines) is 1. The van der Waals surface area contributed by atoms with Gasteiger partial charge >= 0.3 is 12.1 Å². The summed E-state index contributed by atoms with van der Waals surface area (Å²) >= 11 is 1.58. The number of rotatable bonds is 7. The molecule has 1 fully saturated rings. The van der Waals surface area contributed by atoms with Crippen LogP contribution in [-0.4, -0.2) is 65.3 Å². The second kappa shape index (κ2) is 10.2. The number of carboxylic acid groups (broad SMARTS) is 1. The van der Waals surface area contributed by atoms with Crippen molar-refractivity contribution >= 4 is 29.3 Å². The van der Waals surface area contributed by atoms with Crippen LogP contribution in [0.5, 0.6) is 5.88 Å². The number of nitrogens with one attached hydrogen (secondary N) is 1. The predicted molar refractivity (Wildman–Crippen MR) is 123 cm³/mol. The van der Waals surface area contributed by atoms with Crippen LogP contribution in [-0.2, 0) is 14.3 Å². The molecule has 0 aromatic carbocycles. The fourth-order valence-corrected chi connectivity index (χ4v) is 4.47. The van der Waals surface area contributed by atoms with Crippen molar-refractivity contribution in [1.82, 2.24) is 15.2 Å². The van der Waals surface area contributed by atoms with Gasteiger partial charge in [0.2, 0.25) is 11.8 Å². The predicted octanol–water partition coefficient (Wildman–Crippen LogP) is 3.26. The number of hydrogen-bond acceptors (Lipinski definition) is 7. The zero-order valence-electron chi connectivity index (χ0n) is 19.1. The van der Waals surface area contributed by atoms with E-state index in [4.69, 9.17) is 4.74 Å². The number of carboxylic acids is 1. The van der Waals surface area contributed by atoms with E-state index in [0.29, 0.717) is 5.88 Å². The van der Waals surface area contributed by atoms with E-state index < -0.39 is 35.5 Å². The van der Waals surface area contributed by atoms with Crippen LogP contribution >= 0.6 is 11.3 Å². The number of aromatic nitrogens is 1. The molecular formula is C23H29N3O6S. The Kier molecular flexibility index (Phi) is 7.57. The van der Waals surface area contributed by atoms with Crippen molar-refractivity contribution in [1.29, 1.82) is 0 Å². The third kappa shape index (κ3) is 6.01. The van der Waals surface area contributed by atoms with Crippen molar-refractivity contribution in [3.63, 3.8) is 0 Å². The Morgan fingerprint density at radius 2 is 2.03 bits per heavy atom. The highest BCUT2D eigenvalue weighted by molar-refractivity contribution is 7.13. The minimum absolute atomic E-state index is 0.194. The first-order chi connectivity index (χ1) is 15.6. The Morgan fingerprint density at radius 1 is 1.27 bits per heavy atom. The Hall–Kier alpha value is -3.14. The summed E-state index contributed by atoms with van der Waals surface area (Å²) in [4.78, 5) is 43.9. The number of methoxy groups -OCH3 is 1. The summed E-state index contributed by atoms with van der Waals surface area (Å²) in [6, 6.07) is 7.49. The molecular weight excluding hydrogens is 446 g/mol. The molecule has 1 aliphatic heterocycles. The highest BCUT2D eigenvalue weighted by Gasteiger charge is 2.45. The van der Waals surface area contributed by atoms with Crippen LogP contribution in [0.1, 0.15) is 27.2 Å². The van der Waals surface area contributed by atoms with Crippen molar-refractivity contribution in [2.24, 2.45) is 11.3 Å². The molecule has 2 aromatic heterocycles. The minimum atomic E-state index is -1.09. The van der Waals surface area contributed by atoms with Gasteiger partial charge in [-0.15, -0.1) is 11.3 Å². The second-order valence-electron chi connectivity index (χ2n) is 9.03. The van der Waals surface area contributed by atoms with E-state index in [1.807, 2.05) is 29.6 Å². The van der Waals surface area contributed by atoms with Gasteiger partial charge in [-0.3, -0.25) is 4.79 Å². The summed E-state index contributed by atoms with van der Waals surface area (Å²) in [6.07, 6.45) is -0.494. The van der Waals surface area contributed by atoms with Crippen LogP contribution in [0.2, 0.25) is 0 Å². The highest BCUT2D eigenvalue weighted by atomic mass is 32.1. The molecule has 1 saturated heterocycles. The molecule has 3 atom stereocenters. The molecule has 0 bridgehead atoms. The van der Waals surface area contributed by atoms with Crippen LogP contribution in [0.3, 0.4) is 0 Å². The van der Waals surface area contributed by atoms with Gasteiger partial charge in [-0.1, -0.05) is 32.9 Å². The number of carbonyl (C=O) groups is 3. The smallest absolute Gasteiger partial charge is 0.407 e. The standard InChI is InChI=1S/C23H29N3O6S/c1-23(2,3)19(25-22(30)31-4)20(27)26-12-14(11-16(26)21(28)29)13-32-18-9-5-7-15(24-18)17-8-6-10-33-17/h5-10,14,16,19H,11-13H2,1-4H3,(H,25,30)(H,28,29)/t14-,16+,19-/m1/s1. The average Bonchev–Trinajstić information content (AvgIpc) is 3.45. The van der Waals surface area contributed by atoms with Gasteiger partial charge < -0.3 is 24.8 Å². The molecule has 0 aliphatic carbocycles. The fraction of sp³-hybridized carbons (Fsp3) is 0.478. The van der Waals surface area contributed by atoms with Crippen LogP contribution in [0, 0.1) is 11.3 Å². The number of hydrogen-bond donors (Lipinski definition) is 2. The summed E-state index contributed by atoms with van der Waals surface area (Å²) in [7, 11) is 1.21. The number of pyridine rings is 1. The van der Waals surface area contributed by atoms with E-state index >= 15 is 0 Å². The van der Waals surface area contributed by atoms with Crippen molar-refractivity contribution in [3.05, 3.63) is 35.7 Å². The Morgan fingerprint density at radius 3 is 2.64 bits per heavy atom. The van der Waals surface area contributed by atoms with Crippen molar-refractivity contribution in [2.45, 2.75) is 39.3 Å². The molecule has 2 aromatic rings. The number of aliphatic carboxylic acids is 1. The normalized spacial score (nSPS) is 19.1. The average molecular weight is 476 g/mol. The topological polar surface area (TPSA) is 118 Å². The molecule has 3 rings (SSSR count). The monoisotopic (exact) mass is 475 g/mol. The second-order valence-corrected chi connectivity index (χ2v) is 9.98. The Balaban J connectivity index is 1.70. The quantitative estimate of drug-likeness (QED) is 0.631. The number of alkyl carbamates (subject to hydrolysis) is 1. The number of ether oxygens (including phenoxy) is 2. The minimum Gasteiger partial charge on any atom is -0.480 e. The zero-order chi connectivity index (χ0) is 24.2. The van der Waals surface area contributed by atoms with Crippen LogP contribution in [0.25, 0.3) is 10.6 Å². The first-order valence-electron chi connectivity index (χ1n) is 10.6. The Labute approximate surface area is 196 Å². The lowest BCUT2D eigenvalue weighted by atomic mass is 9.85. The molecule has 10 heteroatoms. The fourth-order valence-electron chi connectivity index (χ4n) is 3.77. The van der Waals surface area contributed by atoms with Gasteiger partial charge in [0.25, 0.3) is 0 Å². The van der Waals surface area contributed by atoms with Crippen LogP contribution < -0.4 is 10.1 Å². The largest absolute Gasteiger partial charge is 0.480 e. The van der Waals surface area contributed by atoms with Crippen LogP contribution in [0.15, 0.2) is 35.7 Å². The maximum Gasteiger partial charge on any atom is 0.407 e. The molecule has 2 amide bonds. The molecule has 1 aliphatic rings. The SMILES string of the molecule is COC(=O)N[C@H](C(=O)N1C[C@H](COc2cccc(-c3cccs3)n2)C[C@H]1C(=O)O)C(C)(C)C. The van der Waals surface area contributed by atoms with Crippen molar-refractivity contribution < 1.29 is 29.0 Å². The Bertz CT molecular complexity index is 988. The van der Waals surface area contributed by atoms with Crippen LogP contribution in [0.4, 0.5) is 4.79 Å². The van der Waals surface area contributed by atoms with Gasteiger partial charge in [-0.2, -0.15) is 0 Å². The molecule has 0 radical (unpaired) electrons. The lowest BCUT2D eigenvalue weighted by Crippen LogP contribution is -2.56. The first kappa shape index (κ1) is 24.5. The summed E-state index contributed by atoms with van der Waals surface area (Å²) in [5, 5.41) is 14.3. The van der Waals surface area contributed by atoms with E-state index in [9.17, 15) is 19.5 Å². The van der Waals surface area contributed by atoms with Gasteiger partial charge in [-0.05, 0) is 29.3 Å². The van der Waals surface area contributed by atoms with E-state index in [1.165, 1.54) is 12.0 Å². The molecule has 9 nitrogen and oxygen atoms in total. The molecule has 3 heterocycles. The number of amides is 2. The van der Waals surface area contributed by atoms with Gasteiger partial charge in [0.15, 0.2) is 0 Å². The molecule has 178 valence electrons. The third-order valence-electron chi connectivity index (χ3n) is 5.48. The third-order valence-corrected chi connectivity index (χ3v) is 6.37. The first-order valence-corrected chi connectivity index (χ1v) is 11.5. The summed E-state index contributed by atoms with van der Waals surface area (Å²) < 4.78 is 10.5. The van der Waals surface area contributed by atoms with Crippen molar-refractivity contribution in [2.75, 3.05) is 20.3 Å².